The first-order valence-corrected chi connectivity index (χ1v) is 7.71. The van der Waals surface area contributed by atoms with Crippen LogP contribution in [0.5, 0.6) is 5.75 Å². The van der Waals surface area contributed by atoms with Crippen LogP contribution in [0.15, 0.2) is 48.8 Å². The minimum atomic E-state index is -0.236. The Morgan fingerprint density at radius 1 is 1.24 bits per heavy atom. The van der Waals surface area contributed by atoms with Crippen LogP contribution in [0.3, 0.4) is 0 Å². The number of rotatable bonds is 3. The molecule has 124 valence electrons. The molecule has 0 bridgehead atoms. The average molecular weight is 333 g/mol. The number of anilines is 1. The molecule has 0 aliphatic carbocycles. The van der Waals surface area contributed by atoms with Gasteiger partial charge in [0.25, 0.3) is 5.91 Å². The predicted octanol–water partition coefficient (Wildman–Crippen LogP) is 2.85. The quantitative estimate of drug-likeness (QED) is 0.623. The van der Waals surface area contributed by atoms with Crippen molar-refractivity contribution in [3.05, 3.63) is 60.2 Å². The number of nitrogens with one attached hydrogen (secondary N) is 1. The SMILES string of the molecule is COc1cc(NC(=O)c2ccc3nc(C)nn3c2)cc2cccnc12. The molecule has 4 aromatic rings. The molecule has 4 rings (SSSR count). The molecule has 7 heteroatoms. The second-order valence-corrected chi connectivity index (χ2v) is 5.59. The van der Waals surface area contributed by atoms with E-state index in [1.165, 1.54) is 0 Å². The molecule has 0 radical (unpaired) electrons. The van der Waals surface area contributed by atoms with Crippen molar-refractivity contribution in [3.8, 4) is 5.75 Å². The summed E-state index contributed by atoms with van der Waals surface area (Å²) in [5, 5.41) is 8.01. The number of pyridine rings is 2. The van der Waals surface area contributed by atoms with E-state index in [9.17, 15) is 4.79 Å². The van der Waals surface area contributed by atoms with Gasteiger partial charge in [0.15, 0.2) is 5.65 Å². The van der Waals surface area contributed by atoms with Crippen LogP contribution < -0.4 is 10.1 Å². The van der Waals surface area contributed by atoms with Crippen molar-refractivity contribution in [2.24, 2.45) is 0 Å². The Hall–Kier alpha value is -3.48. The van der Waals surface area contributed by atoms with Gasteiger partial charge in [0.05, 0.1) is 12.7 Å². The third kappa shape index (κ3) is 2.76. The van der Waals surface area contributed by atoms with Gasteiger partial charge < -0.3 is 10.1 Å². The Morgan fingerprint density at radius 2 is 2.12 bits per heavy atom. The van der Waals surface area contributed by atoms with Gasteiger partial charge >= 0.3 is 0 Å². The molecule has 3 heterocycles. The highest BCUT2D eigenvalue weighted by Gasteiger charge is 2.11. The molecule has 1 N–H and O–H groups in total. The molecule has 0 aliphatic rings. The van der Waals surface area contributed by atoms with Crippen molar-refractivity contribution in [1.82, 2.24) is 19.6 Å². The van der Waals surface area contributed by atoms with Crippen molar-refractivity contribution in [3.63, 3.8) is 0 Å². The molecule has 0 spiro atoms. The van der Waals surface area contributed by atoms with E-state index in [2.05, 4.69) is 20.4 Å². The van der Waals surface area contributed by atoms with Gasteiger partial charge in [-0.1, -0.05) is 6.07 Å². The standard InChI is InChI=1S/C18H15N5O2/c1-11-20-16-6-5-13(10-23(16)22-11)18(24)21-14-8-12-4-3-7-19-17(12)15(9-14)25-2/h3-10H,1-2H3,(H,21,24). The maximum absolute atomic E-state index is 12.6. The normalized spacial score (nSPS) is 11.0. The van der Waals surface area contributed by atoms with Gasteiger partial charge in [-0.15, -0.1) is 0 Å². The smallest absolute Gasteiger partial charge is 0.257 e. The van der Waals surface area contributed by atoms with Gasteiger partial charge in [0.1, 0.15) is 17.1 Å². The van der Waals surface area contributed by atoms with Gasteiger partial charge in [-0.2, -0.15) is 5.10 Å². The molecule has 0 fully saturated rings. The van der Waals surface area contributed by atoms with Crippen molar-refractivity contribution >= 4 is 28.1 Å². The number of nitrogens with zero attached hydrogens (tertiary/aromatic N) is 4. The maximum atomic E-state index is 12.6. The summed E-state index contributed by atoms with van der Waals surface area (Å²) in [4.78, 5) is 21.1. The number of ether oxygens (including phenoxy) is 1. The van der Waals surface area contributed by atoms with E-state index in [1.54, 1.807) is 42.2 Å². The van der Waals surface area contributed by atoms with Crippen molar-refractivity contribution in [1.29, 1.82) is 0 Å². The first-order valence-electron chi connectivity index (χ1n) is 7.71. The molecule has 0 saturated carbocycles. The van der Waals surface area contributed by atoms with Gasteiger partial charge in [-0.3, -0.25) is 9.78 Å². The number of fused-ring (bicyclic) bond motifs is 2. The summed E-state index contributed by atoms with van der Waals surface area (Å²) in [6.07, 6.45) is 3.36. The van der Waals surface area contributed by atoms with Crippen LogP contribution in [-0.4, -0.2) is 32.6 Å². The maximum Gasteiger partial charge on any atom is 0.257 e. The minimum absolute atomic E-state index is 0.236. The number of hydrogen-bond acceptors (Lipinski definition) is 5. The van der Waals surface area contributed by atoms with Gasteiger partial charge in [0.2, 0.25) is 0 Å². The number of methoxy groups -OCH3 is 1. The second-order valence-electron chi connectivity index (χ2n) is 5.59. The average Bonchev–Trinajstić information content (AvgIpc) is 3.00. The highest BCUT2D eigenvalue weighted by atomic mass is 16.5. The molecule has 25 heavy (non-hydrogen) atoms. The van der Waals surface area contributed by atoms with Crippen molar-refractivity contribution in [2.45, 2.75) is 6.92 Å². The highest BCUT2D eigenvalue weighted by molar-refractivity contribution is 6.05. The summed E-state index contributed by atoms with van der Waals surface area (Å²) >= 11 is 0. The van der Waals surface area contributed by atoms with E-state index in [0.29, 0.717) is 28.5 Å². The van der Waals surface area contributed by atoms with Crippen LogP contribution in [0, 0.1) is 6.92 Å². The Morgan fingerprint density at radius 3 is 2.96 bits per heavy atom. The van der Waals surface area contributed by atoms with Crippen molar-refractivity contribution < 1.29 is 9.53 Å². The van der Waals surface area contributed by atoms with Crippen LogP contribution >= 0.6 is 0 Å². The lowest BCUT2D eigenvalue weighted by Gasteiger charge is -2.10. The summed E-state index contributed by atoms with van der Waals surface area (Å²) in [7, 11) is 1.58. The highest BCUT2D eigenvalue weighted by Crippen LogP contribution is 2.28. The van der Waals surface area contributed by atoms with E-state index < -0.39 is 0 Å². The van der Waals surface area contributed by atoms with Gasteiger partial charge in [-0.25, -0.2) is 9.50 Å². The van der Waals surface area contributed by atoms with Gasteiger partial charge in [-0.05, 0) is 31.2 Å². The van der Waals surface area contributed by atoms with E-state index in [-0.39, 0.29) is 5.91 Å². The third-order valence-electron chi connectivity index (χ3n) is 3.85. The third-order valence-corrected chi connectivity index (χ3v) is 3.85. The predicted molar refractivity (Wildman–Crippen MR) is 94.0 cm³/mol. The molecule has 1 aromatic carbocycles. The van der Waals surface area contributed by atoms with Crippen LogP contribution in [-0.2, 0) is 0 Å². The van der Waals surface area contributed by atoms with E-state index in [4.69, 9.17) is 4.74 Å². The zero-order chi connectivity index (χ0) is 17.4. The Labute approximate surface area is 143 Å². The molecule has 7 nitrogen and oxygen atoms in total. The molecule has 0 atom stereocenters. The molecule has 0 aliphatic heterocycles. The monoisotopic (exact) mass is 333 g/mol. The number of carbonyl (C=O) groups is 1. The lowest BCUT2D eigenvalue weighted by Crippen LogP contribution is -2.13. The number of amides is 1. The molecular weight excluding hydrogens is 318 g/mol. The van der Waals surface area contributed by atoms with E-state index in [0.717, 1.165) is 10.9 Å². The largest absolute Gasteiger partial charge is 0.494 e. The first-order chi connectivity index (χ1) is 12.1. The molecule has 1 amide bonds. The Bertz CT molecular complexity index is 1100. The van der Waals surface area contributed by atoms with Gasteiger partial charge in [0, 0.05) is 29.5 Å². The van der Waals surface area contributed by atoms with E-state index >= 15 is 0 Å². The zero-order valence-electron chi connectivity index (χ0n) is 13.7. The summed E-state index contributed by atoms with van der Waals surface area (Å²) in [5.41, 5.74) is 2.58. The molecule has 0 saturated heterocycles. The fourth-order valence-corrected chi connectivity index (χ4v) is 2.72. The number of carbonyl (C=O) groups excluding carboxylic acids is 1. The summed E-state index contributed by atoms with van der Waals surface area (Å²) in [6.45, 7) is 1.81. The van der Waals surface area contributed by atoms with Crippen LogP contribution in [0.2, 0.25) is 0 Å². The lowest BCUT2D eigenvalue weighted by atomic mass is 10.1. The fourth-order valence-electron chi connectivity index (χ4n) is 2.72. The summed E-state index contributed by atoms with van der Waals surface area (Å²) < 4.78 is 6.97. The Kier molecular flexibility index (Phi) is 3.53. The number of hydrogen-bond donors (Lipinski definition) is 1. The molecular formula is C18H15N5O2. The number of benzene rings is 1. The summed E-state index contributed by atoms with van der Waals surface area (Å²) in [6, 6.07) is 10.9. The second kappa shape index (κ2) is 5.86. The lowest BCUT2D eigenvalue weighted by molar-refractivity contribution is 0.102. The fraction of sp³-hybridized carbons (Fsp3) is 0.111. The van der Waals surface area contributed by atoms with E-state index in [1.807, 2.05) is 25.1 Å². The summed E-state index contributed by atoms with van der Waals surface area (Å²) in [5.74, 6) is 1.03. The Balaban J connectivity index is 1.68. The molecule has 3 aromatic heterocycles. The van der Waals surface area contributed by atoms with Crippen LogP contribution in [0.1, 0.15) is 16.2 Å². The number of aryl methyl sites for hydroxylation is 1. The molecule has 0 unspecified atom stereocenters. The minimum Gasteiger partial charge on any atom is -0.494 e. The van der Waals surface area contributed by atoms with Crippen LogP contribution in [0.25, 0.3) is 16.6 Å². The van der Waals surface area contributed by atoms with Crippen LogP contribution in [0.4, 0.5) is 5.69 Å². The van der Waals surface area contributed by atoms with Crippen molar-refractivity contribution in [2.75, 3.05) is 12.4 Å². The number of aromatic nitrogens is 4. The first kappa shape index (κ1) is 15.1. The zero-order valence-corrected chi connectivity index (χ0v) is 13.7. The topological polar surface area (TPSA) is 81.4 Å².